The normalized spacial score (nSPS) is 19.6. The maximum atomic E-state index is 13.4. The van der Waals surface area contributed by atoms with E-state index in [9.17, 15) is 14.0 Å². The highest BCUT2D eigenvalue weighted by atomic mass is 32.1. The molecule has 2 amide bonds. The molecule has 0 saturated carbocycles. The number of halogens is 1. The summed E-state index contributed by atoms with van der Waals surface area (Å²) >= 11 is 1.61. The minimum atomic E-state index is -0.498. The van der Waals surface area contributed by atoms with E-state index in [1.807, 2.05) is 33.4 Å². The standard InChI is InChI=1S/C29H29FN6O3S/c1-39-29-22(10-14-36(29)17-25(37)35-12-8-19(9-13-35)28-31-11-15-40-28)27(38)32-21-6-7-24-23(16-21)26(34-33-24)18-2-4-20(30)5-3-18/h2-8,11,15-16,22,29H,9-10,12-14,17H2,1H3,(H,32,38)(H,33,34)/t22-,29?/m0/s1. The minimum absolute atomic E-state index is 0.0243. The van der Waals surface area contributed by atoms with Crippen LogP contribution in [0, 0.1) is 11.7 Å². The number of thiazole rings is 1. The number of anilines is 1. The molecule has 206 valence electrons. The zero-order valence-electron chi connectivity index (χ0n) is 22.0. The number of methoxy groups -OCH3 is 1. The lowest BCUT2D eigenvalue weighted by molar-refractivity contribution is -0.138. The molecule has 0 aliphatic carbocycles. The number of carbonyl (C=O) groups excluding carboxylic acids is 2. The van der Waals surface area contributed by atoms with Crippen LogP contribution in [-0.4, -0.2) is 76.3 Å². The fourth-order valence-electron chi connectivity index (χ4n) is 5.47. The molecule has 1 unspecified atom stereocenters. The van der Waals surface area contributed by atoms with Gasteiger partial charge in [0.2, 0.25) is 11.8 Å². The SMILES string of the molecule is COC1[C@H](C(=O)Nc2ccc3[nH]nc(-c4ccc(F)cc4)c3c2)CCN1CC(=O)N1CC=C(c2nccs2)CC1. The van der Waals surface area contributed by atoms with Crippen molar-refractivity contribution in [2.75, 3.05) is 38.6 Å². The van der Waals surface area contributed by atoms with Crippen LogP contribution in [0.3, 0.4) is 0 Å². The first-order chi connectivity index (χ1) is 19.5. The summed E-state index contributed by atoms with van der Waals surface area (Å²) in [5.41, 5.74) is 4.07. The molecular weight excluding hydrogens is 531 g/mol. The Morgan fingerprint density at radius 2 is 2.05 bits per heavy atom. The monoisotopic (exact) mass is 560 g/mol. The van der Waals surface area contributed by atoms with Crippen LogP contribution >= 0.6 is 11.3 Å². The largest absolute Gasteiger partial charge is 0.366 e. The van der Waals surface area contributed by atoms with Gasteiger partial charge in [0.15, 0.2) is 0 Å². The first kappa shape index (κ1) is 26.3. The van der Waals surface area contributed by atoms with E-state index in [2.05, 4.69) is 26.6 Å². The van der Waals surface area contributed by atoms with Crippen molar-refractivity contribution in [3.05, 3.63) is 70.9 Å². The van der Waals surface area contributed by atoms with Gasteiger partial charge in [0.1, 0.15) is 17.1 Å². The van der Waals surface area contributed by atoms with Gasteiger partial charge in [-0.15, -0.1) is 11.3 Å². The van der Waals surface area contributed by atoms with E-state index >= 15 is 0 Å². The van der Waals surface area contributed by atoms with Crippen molar-refractivity contribution in [2.24, 2.45) is 5.92 Å². The summed E-state index contributed by atoms with van der Waals surface area (Å²) in [7, 11) is 1.57. The zero-order valence-corrected chi connectivity index (χ0v) is 22.8. The van der Waals surface area contributed by atoms with Crippen LogP contribution in [0.1, 0.15) is 17.8 Å². The molecule has 1 saturated heterocycles. The number of hydrogen-bond acceptors (Lipinski definition) is 7. The van der Waals surface area contributed by atoms with Crippen molar-refractivity contribution in [3.8, 4) is 11.3 Å². The molecule has 2 aromatic heterocycles. The van der Waals surface area contributed by atoms with Crippen LogP contribution in [0.25, 0.3) is 27.7 Å². The van der Waals surface area contributed by atoms with Gasteiger partial charge in [-0.05, 0) is 60.9 Å². The Balaban J connectivity index is 1.10. The van der Waals surface area contributed by atoms with E-state index in [0.29, 0.717) is 37.4 Å². The molecule has 2 atom stereocenters. The van der Waals surface area contributed by atoms with Gasteiger partial charge < -0.3 is 15.0 Å². The van der Waals surface area contributed by atoms with Crippen molar-refractivity contribution in [2.45, 2.75) is 19.1 Å². The number of benzene rings is 2. The van der Waals surface area contributed by atoms with Gasteiger partial charge in [0.25, 0.3) is 0 Å². The molecule has 40 heavy (non-hydrogen) atoms. The van der Waals surface area contributed by atoms with Gasteiger partial charge >= 0.3 is 0 Å². The van der Waals surface area contributed by atoms with Crippen LogP contribution in [0.4, 0.5) is 10.1 Å². The van der Waals surface area contributed by atoms with Gasteiger partial charge in [0, 0.05) is 55.0 Å². The third-order valence-corrected chi connectivity index (χ3v) is 8.41. The van der Waals surface area contributed by atoms with Crippen molar-refractivity contribution < 1.29 is 18.7 Å². The predicted octanol–water partition coefficient (Wildman–Crippen LogP) is 4.37. The molecular formula is C29H29FN6O3S. The molecule has 0 bridgehead atoms. The topological polar surface area (TPSA) is 103 Å². The molecule has 0 radical (unpaired) electrons. The Bertz CT molecular complexity index is 1550. The highest BCUT2D eigenvalue weighted by Gasteiger charge is 2.40. The first-order valence-corrected chi connectivity index (χ1v) is 14.1. The molecule has 4 heterocycles. The van der Waals surface area contributed by atoms with Crippen LogP contribution < -0.4 is 5.32 Å². The zero-order chi connectivity index (χ0) is 27.6. The number of carbonyl (C=O) groups is 2. The van der Waals surface area contributed by atoms with Crippen molar-refractivity contribution in [3.63, 3.8) is 0 Å². The number of amides is 2. The lowest BCUT2D eigenvalue weighted by Gasteiger charge is -2.30. The molecule has 11 heteroatoms. The maximum absolute atomic E-state index is 13.4. The van der Waals surface area contributed by atoms with E-state index in [0.717, 1.165) is 27.9 Å². The van der Waals surface area contributed by atoms with E-state index < -0.39 is 12.1 Å². The van der Waals surface area contributed by atoms with Crippen LogP contribution in [-0.2, 0) is 14.3 Å². The van der Waals surface area contributed by atoms with Gasteiger partial charge in [-0.1, -0.05) is 6.08 Å². The Morgan fingerprint density at radius 1 is 1.20 bits per heavy atom. The van der Waals surface area contributed by atoms with Gasteiger partial charge in [0.05, 0.1) is 23.7 Å². The summed E-state index contributed by atoms with van der Waals surface area (Å²) in [4.78, 5) is 34.6. The number of nitrogens with zero attached hydrogens (tertiary/aromatic N) is 4. The number of likely N-dealkylation sites (tertiary alicyclic amines) is 1. The minimum Gasteiger partial charge on any atom is -0.366 e. The van der Waals surface area contributed by atoms with E-state index in [1.54, 1.807) is 36.8 Å². The summed E-state index contributed by atoms with van der Waals surface area (Å²) < 4.78 is 19.1. The number of H-pyrrole nitrogens is 1. The number of aromatic nitrogens is 3. The highest BCUT2D eigenvalue weighted by molar-refractivity contribution is 7.10. The molecule has 1 fully saturated rings. The van der Waals surface area contributed by atoms with Gasteiger partial charge in [-0.2, -0.15) is 5.10 Å². The molecule has 9 nitrogen and oxygen atoms in total. The van der Waals surface area contributed by atoms with Crippen LogP contribution in [0.15, 0.2) is 60.1 Å². The molecule has 2 aliphatic heterocycles. The highest BCUT2D eigenvalue weighted by Crippen LogP contribution is 2.31. The third-order valence-electron chi connectivity index (χ3n) is 7.56. The Morgan fingerprint density at radius 3 is 2.77 bits per heavy atom. The smallest absolute Gasteiger partial charge is 0.237 e. The lowest BCUT2D eigenvalue weighted by atomic mass is 10.1. The Labute approximate surface area is 234 Å². The molecule has 4 aromatic rings. The Kier molecular flexibility index (Phi) is 7.42. The molecule has 0 spiro atoms. The number of ether oxygens (including phenoxy) is 1. The average molecular weight is 561 g/mol. The molecule has 2 aromatic carbocycles. The van der Waals surface area contributed by atoms with E-state index in [4.69, 9.17) is 4.74 Å². The predicted molar refractivity (Wildman–Crippen MR) is 152 cm³/mol. The summed E-state index contributed by atoms with van der Waals surface area (Å²) in [6.45, 7) is 1.99. The number of nitrogens with one attached hydrogen (secondary N) is 2. The van der Waals surface area contributed by atoms with Crippen LogP contribution in [0.2, 0.25) is 0 Å². The van der Waals surface area contributed by atoms with Gasteiger partial charge in [-0.25, -0.2) is 9.37 Å². The molecule has 2 aliphatic rings. The first-order valence-electron chi connectivity index (χ1n) is 13.2. The lowest BCUT2D eigenvalue weighted by Crippen LogP contribution is -2.46. The quantitative estimate of drug-likeness (QED) is 0.348. The van der Waals surface area contributed by atoms with Crippen molar-refractivity contribution >= 4 is 45.3 Å². The number of fused-ring (bicyclic) bond motifs is 1. The maximum Gasteiger partial charge on any atom is 0.237 e. The summed E-state index contributed by atoms with van der Waals surface area (Å²) in [6.07, 6.45) is 4.74. The fourth-order valence-corrected chi connectivity index (χ4v) is 6.18. The second-order valence-corrected chi connectivity index (χ2v) is 10.9. The average Bonchev–Trinajstić information content (AvgIpc) is 3.74. The van der Waals surface area contributed by atoms with E-state index in [-0.39, 0.29) is 24.2 Å². The summed E-state index contributed by atoms with van der Waals surface area (Å²) in [6, 6.07) is 11.7. The van der Waals surface area contributed by atoms with Crippen LogP contribution in [0.5, 0.6) is 0 Å². The fraction of sp³-hybridized carbons (Fsp3) is 0.310. The number of rotatable bonds is 7. The van der Waals surface area contributed by atoms with Crippen molar-refractivity contribution in [1.29, 1.82) is 0 Å². The Hall–Kier alpha value is -3.93. The second-order valence-electron chi connectivity index (χ2n) is 9.98. The summed E-state index contributed by atoms with van der Waals surface area (Å²) in [5.74, 6) is -0.879. The molecule has 2 N–H and O–H groups in total. The number of hydrogen-bond donors (Lipinski definition) is 2. The number of aromatic amines is 1. The van der Waals surface area contributed by atoms with Crippen molar-refractivity contribution in [1.82, 2.24) is 25.0 Å². The molecule has 6 rings (SSSR count). The van der Waals surface area contributed by atoms with E-state index in [1.165, 1.54) is 17.7 Å². The summed E-state index contributed by atoms with van der Waals surface area (Å²) in [5, 5.41) is 14.2. The second kappa shape index (κ2) is 11.3. The third kappa shape index (κ3) is 5.27. The van der Waals surface area contributed by atoms with Gasteiger partial charge in [-0.3, -0.25) is 19.6 Å².